The average Bonchev–Trinajstić information content (AvgIpc) is 2.13. The molecule has 3 heteroatoms. The Morgan fingerprint density at radius 2 is 2.22 bits per heavy atom. The number of aromatic nitrogens is 1. The third kappa shape index (κ3) is 0.988. The van der Waals surface area contributed by atoms with Gasteiger partial charge >= 0.3 is 0 Å². The monoisotopic (exact) mass is 126 g/mol. The van der Waals surface area contributed by atoms with Crippen LogP contribution in [-0.4, -0.2) is 24.2 Å². The van der Waals surface area contributed by atoms with Crippen molar-refractivity contribution in [2.75, 3.05) is 19.0 Å². The van der Waals surface area contributed by atoms with Crippen LogP contribution in [0.4, 0.5) is 5.69 Å². The maximum atomic E-state index is 9.02. The first kappa shape index (κ1) is 6.01. The summed E-state index contributed by atoms with van der Waals surface area (Å²) in [6.45, 7) is 0. The van der Waals surface area contributed by atoms with Gasteiger partial charge in [-0.15, -0.1) is 0 Å². The summed E-state index contributed by atoms with van der Waals surface area (Å²) in [5.74, 6) is 0.222. The number of anilines is 1. The van der Waals surface area contributed by atoms with Crippen molar-refractivity contribution in [1.82, 2.24) is 4.98 Å². The summed E-state index contributed by atoms with van der Waals surface area (Å²) in [4.78, 5) is 4.50. The summed E-state index contributed by atoms with van der Waals surface area (Å²) in [6, 6.07) is 1.81. The second-order valence-corrected chi connectivity index (χ2v) is 2.11. The van der Waals surface area contributed by atoms with Crippen LogP contribution in [-0.2, 0) is 0 Å². The molecule has 0 aliphatic rings. The summed E-state index contributed by atoms with van der Waals surface area (Å²) >= 11 is 0. The molecule has 1 rings (SSSR count). The van der Waals surface area contributed by atoms with Crippen LogP contribution in [0.3, 0.4) is 0 Å². The molecule has 0 aliphatic carbocycles. The SMILES string of the molecule is CN(C)c1cc[nH]c1O. The number of rotatable bonds is 1. The Hall–Kier alpha value is -1.12. The molecule has 0 radical (unpaired) electrons. The van der Waals surface area contributed by atoms with E-state index in [1.54, 1.807) is 6.20 Å². The van der Waals surface area contributed by atoms with E-state index < -0.39 is 0 Å². The first-order valence-electron chi connectivity index (χ1n) is 2.75. The second kappa shape index (κ2) is 2.01. The van der Waals surface area contributed by atoms with Gasteiger partial charge in [-0.25, -0.2) is 0 Å². The lowest BCUT2D eigenvalue weighted by Crippen LogP contribution is -2.07. The molecule has 0 spiro atoms. The van der Waals surface area contributed by atoms with Gasteiger partial charge < -0.3 is 15.0 Å². The molecule has 0 aliphatic heterocycles. The lowest BCUT2D eigenvalue weighted by Gasteiger charge is -2.08. The lowest BCUT2D eigenvalue weighted by molar-refractivity contribution is 0.457. The molecule has 0 bridgehead atoms. The van der Waals surface area contributed by atoms with Crippen molar-refractivity contribution >= 4 is 5.69 Å². The third-order valence-corrected chi connectivity index (χ3v) is 1.19. The van der Waals surface area contributed by atoms with Crippen molar-refractivity contribution in [1.29, 1.82) is 0 Å². The highest BCUT2D eigenvalue weighted by atomic mass is 16.3. The topological polar surface area (TPSA) is 39.3 Å². The molecule has 0 fully saturated rings. The molecule has 0 atom stereocenters. The number of nitrogens with one attached hydrogen (secondary N) is 1. The zero-order valence-electron chi connectivity index (χ0n) is 5.55. The number of hydrogen-bond donors (Lipinski definition) is 2. The van der Waals surface area contributed by atoms with Crippen molar-refractivity contribution in [3.05, 3.63) is 12.3 Å². The van der Waals surface area contributed by atoms with E-state index in [2.05, 4.69) is 4.98 Å². The Kier molecular flexibility index (Phi) is 1.34. The predicted octanol–water partition coefficient (Wildman–Crippen LogP) is 0.786. The molecule has 0 saturated heterocycles. The van der Waals surface area contributed by atoms with Crippen molar-refractivity contribution in [2.24, 2.45) is 0 Å². The van der Waals surface area contributed by atoms with Crippen LogP contribution in [0.5, 0.6) is 5.88 Å². The fourth-order valence-electron chi connectivity index (χ4n) is 0.713. The number of H-pyrrole nitrogens is 1. The van der Waals surface area contributed by atoms with Crippen LogP contribution in [0.15, 0.2) is 12.3 Å². The molecule has 0 aromatic carbocycles. The fourth-order valence-corrected chi connectivity index (χ4v) is 0.713. The maximum Gasteiger partial charge on any atom is 0.212 e. The van der Waals surface area contributed by atoms with Gasteiger partial charge in [0.15, 0.2) is 0 Å². The van der Waals surface area contributed by atoms with Crippen LogP contribution in [0.25, 0.3) is 0 Å². The average molecular weight is 126 g/mol. The Bertz CT molecular complexity index is 193. The van der Waals surface area contributed by atoms with Gasteiger partial charge in [0.2, 0.25) is 5.88 Å². The maximum absolute atomic E-state index is 9.02. The van der Waals surface area contributed by atoms with E-state index in [1.807, 2.05) is 25.1 Å². The standard InChI is InChI=1S/C6H10N2O/c1-8(2)5-3-4-7-6(5)9/h3-4,7,9H,1-2H3. The third-order valence-electron chi connectivity index (χ3n) is 1.19. The summed E-state index contributed by atoms with van der Waals surface area (Å²) in [7, 11) is 3.76. The van der Waals surface area contributed by atoms with Gasteiger partial charge in [-0.3, -0.25) is 0 Å². The highest BCUT2D eigenvalue weighted by Crippen LogP contribution is 2.21. The molecule has 1 heterocycles. The van der Waals surface area contributed by atoms with E-state index in [4.69, 9.17) is 5.11 Å². The summed E-state index contributed by atoms with van der Waals surface area (Å²) in [5.41, 5.74) is 0.815. The number of hydrogen-bond acceptors (Lipinski definition) is 2. The van der Waals surface area contributed by atoms with Crippen LogP contribution in [0.1, 0.15) is 0 Å². The van der Waals surface area contributed by atoms with Crippen molar-refractivity contribution in [2.45, 2.75) is 0 Å². The molecule has 1 aromatic rings. The zero-order valence-corrected chi connectivity index (χ0v) is 5.55. The second-order valence-electron chi connectivity index (χ2n) is 2.11. The predicted molar refractivity (Wildman–Crippen MR) is 36.8 cm³/mol. The smallest absolute Gasteiger partial charge is 0.212 e. The Labute approximate surface area is 53.9 Å². The van der Waals surface area contributed by atoms with Gasteiger partial charge in [0.05, 0.1) is 5.69 Å². The zero-order chi connectivity index (χ0) is 6.85. The quantitative estimate of drug-likeness (QED) is 0.583. The van der Waals surface area contributed by atoms with E-state index in [9.17, 15) is 0 Å². The minimum Gasteiger partial charge on any atom is -0.493 e. The van der Waals surface area contributed by atoms with Gasteiger partial charge in [-0.05, 0) is 6.07 Å². The van der Waals surface area contributed by atoms with Gasteiger partial charge in [0.25, 0.3) is 0 Å². The van der Waals surface area contributed by atoms with E-state index in [1.165, 1.54) is 0 Å². The minimum absolute atomic E-state index is 0.222. The highest BCUT2D eigenvalue weighted by Gasteiger charge is 2.00. The molecule has 50 valence electrons. The van der Waals surface area contributed by atoms with Crippen LogP contribution >= 0.6 is 0 Å². The number of aromatic hydroxyl groups is 1. The number of nitrogens with zero attached hydrogens (tertiary/aromatic N) is 1. The van der Waals surface area contributed by atoms with E-state index >= 15 is 0 Å². The molecule has 2 N–H and O–H groups in total. The molecular formula is C6H10N2O. The van der Waals surface area contributed by atoms with Crippen LogP contribution < -0.4 is 4.90 Å². The van der Waals surface area contributed by atoms with Gasteiger partial charge in [0, 0.05) is 20.3 Å². The normalized spacial score (nSPS) is 9.56. The Morgan fingerprint density at radius 1 is 1.56 bits per heavy atom. The van der Waals surface area contributed by atoms with Crippen LogP contribution in [0, 0.1) is 0 Å². The molecular weight excluding hydrogens is 116 g/mol. The molecule has 9 heavy (non-hydrogen) atoms. The van der Waals surface area contributed by atoms with Crippen LogP contribution in [0.2, 0.25) is 0 Å². The van der Waals surface area contributed by atoms with E-state index in [0.29, 0.717) is 0 Å². The van der Waals surface area contributed by atoms with Gasteiger partial charge in [-0.1, -0.05) is 0 Å². The Morgan fingerprint density at radius 3 is 2.44 bits per heavy atom. The molecule has 0 saturated carbocycles. The van der Waals surface area contributed by atoms with Crippen molar-refractivity contribution in [3.63, 3.8) is 0 Å². The highest BCUT2D eigenvalue weighted by molar-refractivity contribution is 5.53. The van der Waals surface area contributed by atoms with Gasteiger partial charge in [-0.2, -0.15) is 0 Å². The number of aromatic amines is 1. The first-order valence-corrected chi connectivity index (χ1v) is 2.75. The van der Waals surface area contributed by atoms with Crippen molar-refractivity contribution in [3.8, 4) is 5.88 Å². The Balaban J connectivity index is 2.94. The molecule has 1 aromatic heterocycles. The summed E-state index contributed by atoms with van der Waals surface area (Å²) < 4.78 is 0. The van der Waals surface area contributed by atoms with Gasteiger partial charge in [0.1, 0.15) is 0 Å². The summed E-state index contributed by atoms with van der Waals surface area (Å²) in [5, 5.41) is 9.02. The first-order chi connectivity index (χ1) is 4.22. The van der Waals surface area contributed by atoms with Crippen molar-refractivity contribution < 1.29 is 5.11 Å². The largest absolute Gasteiger partial charge is 0.493 e. The molecule has 3 nitrogen and oxygen atoms in total. The minimum atomic E-state index is 0.222. The lowest BCUT2D eigenvalue weighted by atomic mass is 10.5. The summed E-state index contributed by atoms with van der Waals surface area (Å²) in [6.07, 6.45) is 1.70. The van der Waals surface area contributed by atoms with E-state index in [-0.39, 0.29) is 5.88 Å². The molecule has 0 amide bonds. The van der Waals surface area contributed by atoms with E-state index in [0.717, 1.165) is 5.69 Å². The molecule has 0 unspecified atom stereocenters. The fraction of sp³-hybridized carbons (Fsp3) is 0.333.